The average molecular weight is 265 g/mol. The predicted molar refractivity (Wildman–Crippen MR) is 71.3 cm³/mol. The first kappa shape index (κ1) is 16.7. The molecule has 1 saturated heterocycles. The van der Waals surface area contributed by atoms with Gasteiger partial charge >= 0.3 is 0 Å². The fraction of sp³-hybridized carbons (Fsp3) is 0.917. The second-order valence-corrected chi connectivity index (χ2v) is 4.83. The quantitative estimate of drug-likeness (QED) is 0.764. The largest absolute Gasteiger partial charge is 0.375 e. The normalized spacial score (nSPS) is 25.1. The second-order valence-electron chi connectivity index (χ2n) is 4.83. The molecule has 0 bridgehead atoms. The van der Waals surface area contributed by atoms with Crippen molar-refractivity contribution in [2.45, 2.75) is 51.7 Å². The van der Waals surface area contributed by atoms with Crippen LogP contribution in [0.4, 0.5) is 0 Å². The number of carbonyl (C=O) groups is 1. The van der Waals surface area contributed by atoms with Gasteiger partial charge in [0.2, 0.25) is 5.91 Å². The summed E-state index contributed by atoms with van der Waals surface area (Å²) in [4.78, 5) is 11.5. The molecule has 0 spiro atoms. The van der Waals surface area contributed by atoms with Crippen molar-refractivity contribution in [1.29, 1.82) is 0 Å². The van der Waals surface area contributed by atoms with Gasteiger partial charge in [-0.25, -0.2) is 0 Å². The van der Waals surface area contributed by atoms with Crippen LogP contribution in [0.2, 0.25) is 0 Å². The maximum atomic E-state index is 11.5. The van der Waals surface area contributed by atoms with Gasteiger partial charge in [0, 0.05) is 13.0 Å². The second kappa shape index (κ2) is 8.72. The summed E-state index contributed by atoms with van der Waals surface area (Å²) in [5, 5.41) is 2.89. The Kier molecular flexibility index (Phi) is 8.56. The Balaban J connectivity index is 0.00000256. The summed E-state index contributed by atoms with van der Waals surface area (Å²) in [5.74, 6) is 0.468. The minimum absolute atomic E-state index is 0. The zero-order valence-electron chi connectivity index (χ0n) is 10.8. The molecule has 0 aromatic carbocycles. The van der Waals surface area contributed by atoms with E-state index in [-0.39, 0.29) is 24.4 Å². The van der Waals surface area contributed by atoms with Gasteiger partial charge in [-0.3, -0.25) is 4.79 Å². The van der Waals surface area contributed by atoms with Crippen LogP contribution in [0.25, 0.3) is 0 Å². The van der Waals surface area contributed by atoms with Crippen LogP contribution in [0.1, 0.15) is 39.5 Å². The Bertz CT molecular complexity index is 227. The van der Waals surface area contributed by atoms with Crippen molar-refractivity contribution in [2.24, 2.45) is 11.7 Å². The number of hydrogen-bond donors (Lipinski definition) is 2. The topological polar surface area (TPSA) is 64.3 Å². The highest BCUT2D eigenvalue weighted by Gasteiger charge is 2.22. The molecule has 1 heterocycles. The molecule has 4 nitrogen and oxygen atoms in total. The van der Waals surface area contributed by atoms with Crippen LogP contribution in [0.5, 0.6) is 0 Å². The minimum atomic E-state index is 0. The summed E-state index contributed by atoms with van der Waals surface area (Å²) in [6.45, 7) is 5.41. The van der Waals surface area contributed by atoms with E-state index in [1.807, 2.05) is 6.92 Å². The number of rotatable bonds is 6. The van der Waals surface area contributed by atoms with E-state index >= 15 is 0 Å². The molecular weight excluding hydrogens is 240 g/mol. The van der Waals surface area contributed by atoms with Gasteiger partial charge in [-0.05, 0) is 38.6 Å². The van der Waals surface area contributed by atoms with Crippen molar-refractivity contribution in [3.05, 3.63) is 0 Å². The number of nitrogens with two attached hydrogens (primary N) is 1. The number of carbonyl (C=O) groups excluding carboxylic acids is 1. The van der Waals surface area contributed by atoms with Crippen LogP contribution in [-0.4, -0.2) is 31.2 Å². The summed E-state index contributed by atoms with van der Waals surface area (Å²) in [7, 11) is 0. The minimum Gasteiger partial charge on any atom is -0.375 e. The standard InChI is InChI=1S/C12H24N2O2.ClH/c1-9(7-13)8-14-12(15)6-5-11-4-3-10(2)16-11;/h9-11H,3-8,13H2,1-2H3,(H,14,15);1H. The Labute approximate surface area is 110 Å². The molecule has 1 fully saturated rings. The van der Waals surface area contributed by atoms with Crippen molar-refractivity contribution < 1.29 is 9.53 Å². The maximum absolute atomic E-state index is 11.5. The lowest BCUT2D eigenvalue weighted by Crippen LogP contribution is -2.31. The van der Waals surface area contributed by atoms with Gasteiger partial charge < -0.3 is 15.8 Å². The van der Waals surface area contributed by atoms with E-state index in [0.717, 1.165) is 19.3 Å². The van der Waals surface area contributed by atoms with E-state index < -0.39 is 0 Å². The highest BCUT2D eigenvalue weighted by Crippen LogP contribution is 2.22. The van der Waals surface area contributed by atoms with Gasteiger partial charge in [0.15, 0.2) is 0 Å². The molecule has 0 saturated carbocycles. The van der Waals surface area contributed by atoms with E-state index in [9.17, 15) is 4.79 Å². The van der Waals surface area contributed by atoms with Gasteiger partial charge in [0.25, 0.3) is 0 Å². The summed E-state index contributed by atoms with van der Waals surface area (Å²) in [5.41, 5.74) is 5.48. The first-order valence-electron chi connectivity index (χ1n) is 6.24. The molecule has 0 aromatic heterocycles. The zero-order chi connectivity index (χ0) is 12.0. The molecule has 0 aromatic rings. The Morgan fingerprint density at radius 2 is 2.24 bits per heavy atom. The number of nitrogens with one attached hydrogen (secondary N) is 1. The van der Waals surface area contributed by atoms with Crippen molar-refractivity contribution >= 4 is 18.3 Å². The molecule has 102 valence electrons. The lowest BCUT2D eigenvalue weighted by Gasteiger charge is -2.12. The van der Waals surface area contributed by atoms with Gasteiger partial charge in [-0.15, -0.1) is 12.4 Å². The van der Waals surface area contributed by atoms with Crippen LogP contribution >= 0.6 is 12.4 Å². The van der Waals surface area contributed by atoms with Crippen LogP contribution < -0.4 is 11.1 Å². The fourth-order valence-electron chi connectivity index (χ4n) is 1.85. The van der Waals surface area contributed by atoms with Crippen molar-refractivity contribution in [3.8, 4) is 0 Å². The Hall–Kier alpha value is -0.320. The monoisotopic (exact) mass is 264 g/mol. The van der Waals surface area contributed by atoms with E-state index in [1.54, 1.807) is 0 Å². The third-order valence-electron chi connectivity index (χ3n) is 3.06. The van der Waals surface area contributed by atoms with E-state index in [2.05, 4.69) is 12.2 Å². The highest BCUT2D eigenvalue weighted by atomic mass is 35.5. The average Bonchev–Trinajstić information content (AvgIpc) is 2.69. The molecule has 17 heavy (non-hydrogen) atoms. The Morgan fingerprint density at radius 1 is 1.53 bits per heavy atom. The molecule has 0 radical (unpaired) electrons. The van der Waals surface area contributed by atoms with Crippen LogP contribution in [0.3, 0.4) is 0 Å². The molecule has 0 aliphatic carbocycles. The Morgan fingerprint density at radius 3 is 2.76 bits per heavy atom. The fourth-order valence-corrected chi connectivity index (χ4v) is 1.85. The van der Waals surface area contributed by atoms with Gasteiger partial charge in [-0.1, -0.05) is 6.92 Å². The third kappa shape index (κ3) is 6.86. The first-order valence-corrected chi connectivity index (χ1v) is 6.24. The summed E-state index contributed by atoms with van der Waals surface area (Å²) < 4.78 is 5.66. The molecule has 1 amide bonds. The van der Waals surface area contributed by atoms with E-state index in [4.69, 9.17) is 10.5 Å². The van der Waals surface area contributed by atoms with Crippen LogP contribution in [0.15, 0.2) is 0 Å². The van der Waals surface area contributed by atoms with E-state index in [0.29, 0.717) is 31.5 Å². The molecule has 1 aliphatic heterocycles. The maximum Gasteiger partial charge on any atom is 0.220 e. The first-order chi connectivity index (χ1) is 7.61. The molecule has 5 heteroatoms. The smallest absolute Gasteiger partial charge is 0.220 e. The predicted octanol–water partition coefficient (Wildman–Crippen LogP) is 1.47. The van der Waals surface area contributed by atoms with Gasteiger partial charge in [0.1, 0.15) is 0 Å². The van der Waals surface area contributed by atoms with E-state index in [1.165, 1.54) is 0 Å². The van der Waals surface area contributed by atoms with Crippen molar-refractivity contribution in [2.75, 3.05) is 13.1 Å². The summed E-state index contributed by atoms with van der Waals surface area (Å²) in [6, 6.07) is 0. The van der Waals surface area contributed by atoms with Gasteiger partial charge in [-0.2, -0.15) is 0 Å². The molecule has 3 N–H and O–H groups in total. The summed E-state index contributed by atoms with van der Waals surface area (Å²) in [6.07, 6.45) is 4.27. The lowest BCUT2D eigenvalue weighted by atomic mass is 10.1. The van der Waals surface area contributed by atoms with Crippen molar-refractivity contribution in [1.82, 2.24) is 5.32 Å². The number of hydrogen-bond acceptors (Lipinski definition) is 3. The van der Waals surface area contributed by atoms with Gasteiger partial charge in [0.05, 0.1) is 12.2 Å². The lowest BCUT2D eigenvalue weighted by molar-refractivity contribution is -0.122. The molecule has 3 unspecified atom stereocenters. The number of ether oxygens (including phenoxy) is 1. The van der Waals surface area contributed by atoms with Crippen molar-refractivity contribution in [3.63, 3.8) is 0 Å². The molecule has 1 aliphatic rings. The molecule has 3 atom stereocenters. The highest BCUT2D eigenvalue weighted by molar-refractivity contribution is 5.85. The molecular formula is C12H25ClN2O2. The molecule has 1 rings (SSSR count). The number of halogens is 1. The van der Waals surface area contributed by atoms with Crippen LogP contribution in [0, 0.1) is 5.92 Å². The SMILES string of the molecule is CC(CN)CNC(=O)CCC1CCC(C)O1.Cl. The zero-order valence-corrected chi connectivity index (χ0v) is 11.6. The third-order valence-corrected chi connectivity index (χ3v) is 3.06. The number of amides is 1. The summed E-state index contributed by atoms with van der Waals surface area (Å²) >= 11 is 0. The van der Waals surface area contributed by atoms with Crippen LogP contribution in [-0.2, 0) is 9.53 Å².